The van der Waals surface area contributed by atoms with Crippen molar-refractivity contribution in [2.45, 2.75) is 34.1 Å². The molecular weight excluding hydrogens is 336 g/mol. The molecule has 0 aliphatic rings. The van der Waals surface area contributed by atoms with E-state index in [-0.39, 0.29) is 18.2 Å². The quantitative estimate of drug-likeness (QED) is 0.845. The van der Waals surface area contributed by atoms with E-state index in [1.165, 1.54) is 6.92 Å². The monoisotopic (exact) mass is 358 g/mol. The molecule has 0 radical (unpaired) electrons. The predicted molar refractivity (Wildman–Crippen MR) is 103 cm³/mol. The summed E-state index contributed by atoms with van der Waals surface area (Å²) in [5, 5.41) is 3.47. The lowest BCUT2D eigenvalue weighted by atomic mass is 10.1. The first kappa shape index (κ1) is 19.0. The molecule has 2 aromatic carbocycles. The Morgan fingerprint density at radius 1 is 1.04 bits per heavy atom. The highest BCUT2D eigenvalue weighted by Gasteiger charge is 2.16. The van der Waals surface area contributed by atoms with Crippen LogP contribution in [0.25, 0.3) is 0 Å². The van der Waals surface area contributed by atoms with E-state index in [0.29, 0.717) is 17.3 Å². The van der Waals surface area contributed by atoms with Gasteiger partial charge in [-0.1, -0.05) is 29.8 Å². The minimum Gasteiger partial charge on any atom is -0.326 e. The van der Waals surface area contributed by atoms with E-state index in [4.69, 9.17) is 11.6 Å². The first-order valence-corrected chi connectivity index (χ1v) is 8.58. The average molecular weight is 359 g/mol. The molecule has 1 N–H and O–H groups in total. The van der Waals surface area contributed by atoms with E-state index in [9.17, 15) is 9.59 Å². The molecule has 0 bridgehead atoms. The summed E-state index contributed by atoms with van der Waals surface area (Å²) in [5.74, 6) is -0.234. The van der Waals surface area contributed by atoms with E-state index in [1.807, 2.05) is 45.0 Å². The van der Waals surface area contributed by atoms with Crippen LogP contribution in [0.3, 0.4) is 0 Å². The number of nitrogens with one attached hydrogen (secondary N) is 1. The van der Waals surface area contributed by atoms with Gasteiger partial charge in [0.1, 0.15) is 0 Å². The predicted octanol–water partition coefficient (Wildman–Crippen LogP) is 4.65. The number of halogens is 1. The standard InChI is InChI=1S/C20H23ClN2O2/c1-13-7-5-10-19(14(13)2)23(16(4)24)12-11-20(25)22-18-9-6-8-17(21)15(18)3/h5-10H,11-12H2,1-4H3,(H,22,25). The third-order valence-corrected chi connectivity index (χ3v) is 4.76. The fourth-order valence-corrected chi connectivity index (χ4v) is 2.82. The molecule has 0 heterocycles. The van der Waals surface area contributed by atoms with Gasteiger partial charge in [-0.05, 0) is 55.7 Å². The van der Waals surface area contributed by atoms with Gasteiger partial charge in [0.15, 0.2) is 0 Å². The van der Waals surface area contributed by atoms with Gasteiger partial charge >= 0.3 is 0 Å². The van der Waals surface area contributed by atoms with Crippen LogP contribution in [0, 0.1) is 20.8 Å². The molecule has 0 unspecified atom stereocenters. The zero-order chi connectivity index (χ0) is 18.6. The van der Waals surface area contributed by atoms with Crippen molar-refractivity contribution in [3.8, 4) is 0 Å². The lowest BCUT2D eigenvalue weighted by molar-refractivity contribution is -0.117. The van der Waals surface area contributed by atoms with Crippen molar-refractivity contribution in [3.05, 3.63) is 58.1 Å². The van der Waals surface area contributed by atoms with Gasteiger partial charge in [0.05, 0.1) is 0 Å². The van der Waals surface area contributed by atoms with Crippen LogP contribution in [0.15, 0.2) is 36.4 Å². The highest BCUT2D eigenvalue weighted by atomic mass is 35.5. The fraction of sp³-hybridized carbons (Fsp3) is 0.300. The smallest absolute Gasteiger partial charge is 0.226 e. The molecule has 0 saturated carbocycles. The summed E-state index contributed by atoms with van der Waals surface area (Å²) in [6.45, 7) is 7.68. The van der Waals surface area contributed by atoms with Crippen LogP contribution in [-0.2, 0) is 9.59 Å². The van der Waals surface area contributed by atoms with Crippen molar-refractivity contribution in [3.63, 3.8) is 0 Å². The Balaban J connectivity index is 2.09. The highest BCUT2D eigenvalue weighted by molar-refractivity contribution is 6.31. The Labute approximate surface area is 153 Å². The van der Waals surface area contributed by atoms with Crippen molar-refractivity contribution in [2.75, 3.05) is 16.8 Å². The van der Waals surface area contributed by atoms with Crippen LogP contribution in [0.4, 0.5) is 11.4 Å². The maximum absolute atomic E-state index is 12.3. The Hall–Kier alpha value is -2.33. The maximum Gasteiger partial charge on any atom is 0.226 e. The molecule has 0 aliphatic carbocycles. The van der Waals surface area contributed by atoms with Crippen LogP contribution in [0.2, 0.25) is 5.02 Å². The Morgan fingerprint density at radius 2 is 1.72 bits per heavy atom. The van der Waals surface area contributed by atoms with Crippen LogP contribution in [-0.4, -0.2) is 18.4 Å². The molecule has 0 atom stereocenters. The minimum atomic E-state index is -0.151. The molecule has 2 rings (SSSR count). The SMILES string of the molecule is CC(=O)N(CCC(=O)Nc1cccc(Cl)c1C)c1cccc(C)c1C. The third kappa shape index (κ3) is 4.60. The van der Waals surface area contributed by atoms with E-state index in [0.717, 1.165) is 22.4 Å². The number of anilines is 2. The van der Waals surface area contributed by atoms with Gasteiger partial charge in [-0.3, -0.25) is 9.59 Å². The number of amides is 2. The van der Waals surface area contributed by atoms with Crippen molar-refractivity contribution in [1.82, 2.24) is 0 Å². The number of hydrogen-bond acceptors (Lipinski definition) is 2. The molecule has 4 nitrogen and oxygen atoms in total. The first-order chi connectivity index (χ1) is 11.8. The van der Waals surface area contributed by atoms with Crippen LogP contribution in [0.5, 0.6) is 0 Å². The second kappa shape index (κ2) is 8.17. The molecule has 0 aromatic heterocycles. The number of aryl methyl sites for hydroxylation is 1. The molecule has 2 aromatic rings. The normalized spacial score (nSPS) is 10.4. The molecule has 25 heavy (non-hydrogen) atoms. The van der Waals surface area contributed by atoms with Crippen LogP contribution >= 0.6 is 11.6 Å². The average Bonchev–Trinajstić information content (AvgIpc) is 2.55. The molecule has 0 saturated heterocycles. The lowest BCUT2D eigenvalue weighted by Crippen LogP contribution is -2.32. The summed E-state index contributed by atoms with van der Waals surface area (Å²) >= 11 is 6.07. The number of carbonyl (C=O) groups is 2. The number of rotatable bonds is 5. The van der Waals surface area contributed by atoms with Gasteiger partial charge in [0, 0.05) is 36.3 Å². The summed E-state index contributed by atoms with van der Waals surface area (Å²) in [4.78, 5) is 26.0. The number of hydrogen-bond donors (Lipinski definition) is 1. The van der Waals surface area contributed by atoms with E-state index >= 15 is 0 Å². The molecule has 5 heteroatoms. The fourth-order valence-electron chi connectivity index (χ4n) is 2.64. The van der Waals surface area contributed by atoms with E-state index in [2.05, 4.69) is 5.32 Å². The van der Waals surface area contributed by atoms with Gasteiger partial charge in [-0.15, -0.1) is 0 Å². The number of carbonyl (C=O) groups excluding carboxylic acids is 2. The van der Waals surface area contributed by atoms with Crippen molar-refractivity contribution >= 4 is 34.8 Å². The van der Waals surface area contributed by atoms with E-state index < -0.39 is 0 Å². The first-order valence-electron chi connectivity index (χ1n) is 8.20. The summed E-state index contributed by atoms with van der Waals surface area (Å²) in [7, 11) is 0. The number of benzene rings is 2. The molecule has 2 amide bonds. The number of nitrogens with zero attached hydrogens (tertiary/aromatic N) is 1. The van der Waals surface area contributed by atoms with Gasteiger partial charge in [-0.2, -0.15) is 0 Å². The lowest BCUT2D eigenvalue weighted by Gasteiger charge is -2.24. The zero-order valence-electron chi connectivity index (χ0n) is 15.0. The van der Waals surface area contributed by atoms with Crippen LogP contribution < -0.4 is 10.2 Å². The van der Waals surface area contributed by atoms with Crippen molar-refractivity contribution in [2.24, 2.45) is 0 Å². The molecule has 132 valence electrons. The largest absolute Gasteiger partial charge is 0.326 e. The molecule has 0 fully saturated rings. The second-order valence-electron chi connectivity index (χ2n) is 6.10. The molecule has 0 spiro atoms. The van der Waals surface area contributed by atoms with Crippen LogP contribution in [0.1, 0.15) is 30.0 Å². The van der Waals surface area contributed by atoms with Crippen molar-refractivity contribution in [1.29, 1.82) is 0 Å². The minimum absolute atomic E-state index is 0.0829. The van der Waals surface area contributed by atoms with E-state index in [1.54, 1.807) is 17.0 Å². The summed E-state index contributed by atoms with van der Waals surface area (Å²) < 4.78 is 0. The third-order valence-electron chi connectivity index (χ3n) is 4.35. The zero-order valence-corrected chi connectivity index (χ0v) is 15.8. The van der Waals surface area contributed by atoms with Crippen molar-refractivity contribution < 1.29 is 9.59 Å². The summed E-state index contributed by atoms with van der Waals surface area (Å²) in [5.41, 5.74) is 4.53. The van der Waals surface area contributed by atoms with Gasteiger partial charge in [-0.25, -0.2) is 0 Å². The summed E-state index contributed by atoms with van der Waals surface area (Å²) in [6, 6.07) is 11.2. The van der Waals surface area contributed by atoms with Gasteiger partial charge in [0.2, 0.25) is 11.8 Å². The maximum atomic E-state index is 12.3. The summed E-state index contributed by atoms with van der Waals surface area (Å²) in [6.07, 6.45) is 0.207. The Kier molecular flexibility index (Phi) is 6.21. The molecule has 0 aliphatic heterocycles. The Bertz CT molecular complexity index is 802. The topological polar surface area (TPSA) is 49.4 Å². The Morgan fingerprint density at radius 3 is 2.40 bits per heavy atom. The highest BCUT2D eigenvalue weighted by Crippen LogP contribution is 2.24. The molecular formula is C20H23ClN2O2. The second-order valence-corrected chi connectivity index (χ2v) is 6.51. The van der Waals surface area contributed by atoms with Gasteiger partial charge < -0.3 is 10.2 Å². The van der Waals surface area contributed by atoms with Gasteiger partial charge in [0.25, 0.3) is 0 Å².